The zero-order valence-corrected chi connectivity index (χ0v) is 13.7. The Kier molecular flexibility index (Phi) is 5.81. The summed E-state index contributed by atoms with van der Waals surface area (Å²) in [5, 5.41) is 10.8. The van der Waals surface area contributed by atoms with Gasteiger partial charge in [-0.05, 0) is 44.7 Å². The van der Waals surface area contributed by atoms with E-state index in [0.29, 0.717) is 12.2 Å². The number of rotatable bonds is 7. The third kappa shape index (κ3) is 4.59. The van der Waals surface area contributed by atoms with Gasteiger partial charge in [-0.1, -0.05) is 6.92 Å². The van der Waals surface area contributed by atoms with Crippen LogP contribution in [0.25, 0.3) is 0 Å². The van der Waals surface area contributed by atoms with Crippen LogP contribution in [-0.2, 0) is 17.9 Å². The molecule has 0 radical (unpaired) electrons. The third-order valence-electron chi connectivity index (χ3n) is 3.70. The number of halogens is 1. The molecule has 7 heteroatoms. The fraction of sp³-hybridized carbons (Fsp3) is 0.438. The van der Waals surface area contributed by atoms with Gasteiger partial charge in [-0.3, -0.25) is 9.69 Å². The van der Waals surface area contributed by atoms with Crippen LogP contribution in [0.15, 0.2) is 30.6 Å². The van der Waals surface area contributed by atoms with Gasteiger partial charge in [0, 0.05) is 12.2 Å². The van der Waals surface area contributed by atoms with Crippen LogP contribution in [-0.4, -0.2) is 38.7 Å². The second-order valence-corrected chi connectivity index (χ2v) is 5.53. The van der Waals surface area contributed by atoms with E-state index in [2.05, 4.69) is 22.4 Å². The van der Waals surface area contributed by atoms with E-state index in [0.717, 1.165) is 18.8 Å². The molecule has 0 aliphatic carbocycles. The Morgan fingerprint density at radius 1 is 1.39 bits per heavy atom. The lowest BCUT2D eigenvalue weighted by molar-refractivity contribution is -0.120. The predicted octanol–water partition coefficient (Wildman–Crippen LogP) is 2.29. The Labute approximate surface area is 135 Å². The lowest BCUT2D eigenvalue weighted by atomic mass is 10.2. The van der Waals surface area contributed by atoms with Crippen LogP contribution in [0.4, 0.5) is 10.1 Å². The van der Waals surface area contributed by atoms with E-state index in [4.69, 9.17) is 0 Å². The second kappa shape index (κ2) is 7.82. The summed E-state index contributed by atoms with van der Waals surface area (Å²) >= 11 is 0. The number of aromatic nitrogens is 3. The summed E-state index contributed by atoms with van der Waals surface area (Å²) in [6, 6.07) is 5.36. The number of anilines is 1. The van der Waals surface area contributed by atoms with Gasteiger partial charge in [-0.2, -0.15) is 0 Å². The Bertz CT molecular complexity index is 640. The van der Waals surface area contributed by atoms with E-state index >= 15 is 0 Å². The topological polar surface area (TPSA) is 63.1 Å². The first-order valence-electron chi connectivity index (χ1n) is 7.64. The van der Waals surface area contributed by atoms with E-state index in [9.17, 15) is 9.18 Å². The van der Waals surface area contributed by atoms with Crippen molar-refractivity contribution in [3.8, 4) is 0 Å². The van der Waals surface area contributed by atoms with Gasteiger partial charge in [0.2, 0.25) is 5.91 Å². The molecule has 0 saturated carbocycles. The summed E-state index contributed by atoms with van der Waals surface area (Å²) in [7, 11) is 1.86. The first kappa shape index (κ1) is 17.1. The quantitative estimate of drug-likeness (QED) is 0.850. The Balaban J connectivity index is 1.95. The van der Waals surface area contributed by atoms with E-state index in [-0.39, 0.29) is 17.8 Å². The van der Waals surface area contributed by atoms with Crippen LogP contribution in [0.1, 0.15) is 26.1 Å². The fourth-order valence-electron chi connectivity index (χ4n) is 2.17. The number of carbonyl (C=O) groups is 1. The van der Waals surface area contributed by atoms with Crippen LogP contribution in [0, 0.1) is 5.82 Å². The normalized spacial score (nSPS) is 12.4. The molecule has 1 N–H and O–H groups in total. The molecule has 0 saturated heterocycles. The minimum Gasteiger partial charge on any atom is -0.325 e. The number of hydrogen-bond donors (Lipinski definition) is 1. The summed E-state index contributed by atoms with van der Waals surface area (Å²) in [6.07, 6.45) is 2.70. The van der Waals surface area contributed by atoms with Crippen molar-refractivity contribution in [2.75, 3.05) is 12.4 Å². The number of nitrogens with one attached hydrogen (secondary N) is 1. The lowest BCUT2D eigenvalue weighted by Gasteiger charge is -2.23. The fourth-order valence-corrected chi connectivity index (χ4v) is 2.17. The third-order valence-corrected chi connectivity index (χ3v) is 3.70. The van der Waals surface area contributed by atoms with Gasteiger partial charge in [0.15, 0.2) is 0 Å². The van der Waals surface area contributed by atoms with Crippen molar-refractivity contribution < 1.29 is 9.18 Å². The number of nitrogens with zero attached hydrogens (tertiary/aromatic N) is 4. The Morgan fingerprint density at radius 3 is 2.74 bits per heavy atom. The summed E-state index contributed by atoms with van der Waals surface area (Å²) in [6.45, 7) is 5.29. The Hall–Kier alpha value is -2.28. The average molecular weight is 319 g/mol. The van der Waals surface area contributed by atoms with E-state index in [1.54, 1.807) is 6.33 Å². The summed E-state index contributed by atoms with van der Waals surface area (Å²) in [4.78, 5) is 14.2. The molecule has 23 heavy (non-hydrogen) atoms. The molecule has 1 aromatic heterocycles. The minimum absolute atomic E-state index is 0.152. The maximum absolute atomic E-state index is 12.9. The van der Waals surface area contributed by atoms with Gasteiger partial charge in [0.1, 0.15) is 18.0 Å². The monoisotopic (exact) mass is 319 g/mol. The van der Waals surface area contributed by atoms with Gasteiger partial charge >= 0.3 is 0 Å². The van der Waals surface area contributed by atoms with Crippen molar-refractivity contribution in [3.63, 3.8) is 0 Å². The van der Waals surface area contributed by atoms with Crippen LogP contribution < -0.4 is 5.32 Å². The number of carbonyl (C=O) groups excluding carboxylic acids is 1. The molecule has 0 aliphatic heterocycles. The van der Waals surface area contributed by atoms with Gasteiger partial charge < -0.3 is 9.88 Å². The molecule has 1 atom stereocenters. The second-order valence-electron chi connectivity index (χ2n) is 5.53. The number of hydrogen-bond acceptors (Lipinski definition) is 4. The highest BCUT2D eigenvalue weighted by atomic mass is 19.1. The highest BCUT2D eigenvalue weighted by Gasteiger charge is 2.20. The summed E-state index contributed by atoms with van der Waals surface area (Å²) in [5.41, 5.74) is 0.575. The standard InChI is InChI=1S/C16H22FN5O/c1-4-9-22-11-18-20-15(22)10-21(3)12(2)16(23)19-14-7-5-13(17)6-8-14/h5-8,11-12H,4,9-10H2,1-3H3,(H,19,23). The van der Waals surface area contributed by atoms with Crippen molar-refractivity contribution in [1.29, 1.82) is 0 Å². The maximum atomic E-state index is 12.9. The van der Waals surface area contributed by atoms with E-state index < -0.39 is 0 Å². The number of amides is 1. The maximum Gasteiger partial charge on any atom is 0.241 e. The van der Waals surface area contributed by atoms with Crippen LogP contribution in [0.5, 0.6) is 0 Å². The largest absolute Gasteiger partial charge is 0.325 e. The van der Waals surface area contributed by atoms with Gasteiger partial charge in [0.05, 0.1) is 12.6 Å². The lowest BCUT2D eigenvalue weighted by Crippen LogP contribution is -2.39. The highest BCUT2D eigenvalue weighted by Crippen LogP contribution is 2.11. The number of aryl methyl sites for hydroxylation is 1. The van der Waals surface area contributed by atoms with Crippen molar-refractivity contribution >= 4 is 11.6 Å². The van der Waals surface area contributed by atoms with Gasteiger partial charge in [0.25, 0.3) is 0 Å². The summed E-state index contributed by atoms with van der Waals surface area (Å²) in [5.74, 6) is 0.347. The molecule has 2 aromatic rings. The zero-order valence-electron chi connectivity index (χ0n) is 13.7. The smallest absolute Gasteiger partial charge is 0.241 e. The van der Waals surface area contributed by atoms with Gasteiger partial charge in [-0.25, -0.2) is 4.39 Å². The van der Waals surface area contributed by atoms with E-state index in [1.807, 2.05) is 23.4 Å². The molecule has 6 nitrogen and oxygen atoms in total. The zero-order chi connectivity index (χ0) is 16.8. The van der Waals surface area contributed by atoms with Crippen LogP contribution >= 0.6 is 0 Å². The van der Waals surface area contributed by atoms with Crippen molar-refractivity contribution in [2.24, 2.45) is 0 Å². The predicted molar refractivity (Wildman–Crippen MR) is 86.3 cm³/mol. The molecule has 0 bridgehead atoms. The molecule has 1 heterocycles. The Morgan fingerprint density at radius 2 is 2.09 bits per heavy atom. The van der Waals surface area contributed by atoms with Crippen LogP contribution in [0.3, 0.4) is 0 Å². The average Bonchev–Trinajstić information content (AvgIpc) is 2.96. The first-order chi connectivity index (χ1) is 11.0. The molecule has 1 unspecified atom stereocenters. The molecule has 2 rings (SSSR count). The molecule has 0 aliphatic rings. The number of likely N-dealkylation sites (N-methyl/N-ethyl adjacent to an activating group) is 1. The van der Waals surface area contributed by atoms with E-state index in [1.165, 1.54) is 24.3 Å². The molecule has 0 fully saturated rings. The molecular weight excluding hydrogens is 297 g/mol. The van der Waals surface area contributed by atoms with Crippen molar-refractivity contribution in [1.82, 2.24) is 19.7 Å². The number of benzene rings is 1. The SMILES string of the molecule is CCCn1cnnc1CN(C)C(C)C(=O)Nc1ccc(F)cc1. The minimum atomic E-state index is -0.355. The highest BCUT2D eigenvalue weighted by molar-refractivity contribution is 5.94. The molecular formula is C16H22FN5O. The van der Waals surface area contributed by atoms with Crippen LogP contribution in [0.2, 0.25) is 0 Å². The molecule has 1 amide bonds. The molecule has 1 aromatic carbocycles. The van der Waals surface area contributed by atoms with Crippen molar-refractivity contribution in [2.45, 2.75) is 39.4 Å². The van der Waals surface area contributed by atoms with Gasteiger partial charge in [-0.15, -0.1) is 10.2 Å². The first-order valence-corrected chi connectivity index (χ1v) is 7.64. The molecule has 124 valence electrons. The summed E-state index contributed by atoms with van der Waals surface area (Å²) < 4.78 is 14.9. The van der Waals surface area contributed by atoms with Crippen molar-refractivity contribution in [3.05, 3.63) is 42.2 Å². The molecule has 0 spiro atoms.